The molecule has 57 heavy (non-hydrogen) atoms. The average molecular weight is 722 g/mol. The van der Waals surface area contributed by atoms with E-state index in [2.05, 4.69) is 217 Å². The maximum atomic E-state index is 2.46. The molecule has 264 valence electrons. The minimum Gasteiger partial charge on any atom is -0.309 e. The third kappa shape index (κ3) is 3.70. The standard InChI is InChI=1S/C56H35N/c1-3-17-37(18-4-1)55-46-27-10-7-22-41(46)44-26-16-31-50(54(44)55)56(49-30-13-12-29-48(49)55)47-28-11-8-21-40(47)43-25-15-24-39(53(43)56)36-33-34-52-45(35-36)42-23-9-14-32-51(42)57(52)38-19-5-2-6-20-38/h1-35H. The van der Waals surface area contributed by atoms with Crippen LogP contribution in [-0.2, 0) is 10.8 Å². The largest absolute Gasteiger partial charge is 0.309 e. The van der Waals surface area contributed by atoms with E-state index in [1.54, 1.807) is 0 Å². The Morgan fingerprint density at radius 1 is 0.298 bits per heavy atom. The lowest BCUT2D eigenvalue weighted by Crippen LogP contribution is -2.43. The molecular formula is C56H35N. The van der Waals surface area contributed by atoms with Gasteiger partial charge in [0.25, 0.3) is 0 Å². The van der Waals surface area contributed by atoms with E-state index in [4.69, 9.17) is 0 Å². The predicted octanol–water partition coefficient (Wildman–Crippen LogP) is 13.5. The number of hydrogen-bond donors (Lipinski definition) is 0. The summed E-state index contributed by atoms with van der Waals surface area (Å²) in [6.07, 6.45) is 0. The maximum absolute atomic E-state index is 2.46. The molecule has 2 unspecified atom stereocenters. The second-order valence-corrected chi connectivity index (χ2v) is 15.9. The molecule has 0 saturated heterocycles. The van der Waals surface area contributed by atoms with Gasteiger partial charge in [0, 0.05) is 16.5 Å². The van der Waals surface area contributed by atoms with Crippen molar-refractivity contribution in [1.82, 2.24) is 4.57 Å². The number of para-hydroxylation sites is 2. The van der Waals surface area contributed by atoms with Crippen LogP contribution in [0.5, 0.6) is 0 Å². The molecule has 0 aliphatic heterocycles. The van der Waals surface area contributed by atoms with E-state index < -0.39 is 10.8 Å². The van der Waals surface area contributed by atoms with Crippen LogP contribution >= 0.6 is 0 Å². The molecular weight excluding hydrogens is 687 g/mol. The Hall–Kier alpha value is -7.22. The number of hydrogen-bond acceptors (Lipinski definition) is 0. The highest BCUT2D eigenvalue weighted by Crippen LogP contribution is 2.69. The van der Waals surface area contributed by atoms with Crippen molar-refractivity contribution >= 4 is 21.8 Å². The topological polar surface area (TPSA) is 4.93 Å². The summed E-state index contributed by atoms with van der Waals surface area (Å²) >= 11 is 0. The van der Waals surface area contributed by atoms with E-state index in [1.807, 2.05) is 0 Å². The van der Waals surface area contributed by atoms with Gasteiger partial charge in [-0.25, -0.2) is 0 Å². The monoisotopic (exact) mass is 721 g/mol. The Morgan fingerprint density at radius 3 is 1.56 bits per heavy atom. The molecule has 0 saturated carbocycles. The average Bonchev–Trinajstić information content (AvgIpc) is 3.90. The first kappa shape index (κ1) is 31.0. The Balaban J connectivity index is 1.17. The van der Waals surface area contributed by atoms with Crippen LogP contribution in [0, 0.1) is 0 Å². The Kier molecular flexibility index (Phi) is 6.09. The van der Waals surface area contributed by atoms with Gasteiger partial charge in [0.05, 0.1) is 21.9 Å². The Bertz CT molecular complexity index is 3300. The van der Waals surface area contributed by atoms with Crippen molar-refractivity contribution < 1.29 is 0 Å². The second kappa shape index (κ2) is 11.2. The molecule has 0 radical (unpaired) electrons. The van der Waals surface area contributed by atoms with Crippen LogP contribution in [-0.4, -0.2) is 4.57 Å². The summed E-state index contributed by atoms with van der Waals surface area (Å²) in [6, 6.07) is 80.0. The molecule has 10 aromatic rings. The van der Waals surface area contributed by atoms with Crippen molar-refractivity contribution in [2.45, 2.75) is 10.8 Å². The molecule has 0 bridgehead atoms. The van der Waals surface area contributed by atoms with Crippen LogP contribution in [0.25, 0.3) is 60.9 Å². The zero-order chi connectivity index (χ0) is 37.3. The fourth-order valence-electron chi connectivity index (χ4n) is 11.5. The molecule has 13 rings (SSSR count). The van der Waals surface area contributed by atoms with E-state index in [0.29, 0.717) is 0 Å². The maximum Gasteiger partial charge on any atom is 0.0726 e. The zero-order valence-corrected chi connectivity index (χ0v) is 31.2. The van der Waals surface area contributed by atoms with E-state index >= 15 is 0 Å². The molecule has 1 heterocycles. The van der Waals surface area contributed by atoms with Gasteiger partial charge in [-0.15, -0.1) is 0 Å². The van der Waals surface area contributed by atoms with Gasteiger partial charge in [0.15, 0.2) is 0 Å². The van der Waals surface area contributed by atoms with Crippen molar-refractivity contribution in [2.75, 3.05) is 0 Å². The van der Waals surface area contributed by atoms with Crippen LogP contribution in [0.3, 0.4) is 0 Å². The number of fused-ring (bicyclic) bond motifs is 15. The predicted molar refractivity (Wildman–Crippen MR) is 234 cm³/mol. The number of benzene rings is 9. The van der Waals surface area contributed by atoms with E-state index in [9.17, 15) is 0 Å². The summed E-state index contributed by atoms with van der Waals surface area (Å²) in [4.78, 5) is 0. The first-order valence-corrected chi connectivity index (χ1v) is 20.0. The third-order valence-corrected chi connectivity index (χ3v) is 13.5. The number of nitrogens with zero attached hydrogens (tertiary/aromatic N) is 1. The molecule has 1 spiro atoms. The Morgan fingerprint density at radius 2 is 0.807 bits per heavy atom. The van der Waals surface area contributed by atoms with Crippen molar-refractivity contribution in [3.8, 4) is 39.1 Å². The number of rotatable bonds is 3. The van der Waals surface area contributed by atoms with Crippen LogP contribution < -0.4 is 0 Å². The Labute approximate surface area is 331 Å². The molecule has 2 atom stereocenters. The zero-order valence-electron chi connectivity index (χ0n) is 31.2. The van der Waals surface area contributed by atoms with Crippen molar-refractivity contribution in [1.29, 1.82) is 0 Å². The van der Waals surface area contributed by atoms with Gasteiger partial charge < -0.3 is 4.57 Å². The molecule has 0 N–H and O–H groups in total. The summed E-state index contributed by atoms with van der Waals surface area (Å²) < 4.78 is 2.41. The van der Waals surface area contributed by atoms with Crippen molar-refractivity contribution in [3.63, 3.8) is 0 Å². The van der Waals surface area contributed by atoms with Gasteiger partial charge in [-0.2, -0.15) is 0 Å². The van der Waals surface area contributed by atoms with Crippen molar-refractivity contribution in [3.05, 3.63) is 257 Å². The molecule has 3 aliphatic carbocycles. The number of aromatic nitrogens is 1. The molecule has 0 fully saturated rings. The minimum absolute atomic E-state index is 0.462. The van der Waals surface area contributed by atoms with E-state index in [-0.39, 0.29) is 0 Å². The van der Waals surface area contributed by atoms with Gasteiger partial charge in [0.2, 0.25) is 0 Å². The molecule has 1 nitrogen and oxygen atoms in total. The third-order valence-electron chi connectivity index (χ3n) is 13.5. The van der Waals surface area contributed by atoms with Crippen LogP contribution in [0.2, 0.25) is 0 Å². The molecule has 1 aromatic heterocycles. The highest BCUT2D eigenvalue weighted by atomic mass is 15.0. The van der Waals surface area contributed by atoms with E-state index in [1.165, 1.54) is 105 Å². The molecule has 3 aliphatic rings. The lowest BCUT2D eigenvalue weighted by Gasteiger charge is -2.48. The molecule has 9 aromatic carbocycles. The summed E-state index contributed by atoms with van der Waals surface area (Å²) in [5.74, 6) is 0. The quantitative estimate of drug-likeness (QED) is 0.171. The van der Waals surface area contributed by atoms with Gasteiger partial charge in [0.1, 0.15) is 0 Å². The highest BCUT2D eigenvalue weighted by molar-refractivity contribution is 6.11. The smallest absolute Gasteiger partial charge is 0.0726 e. The highest BCUT2D eigenvalue weighted by Gasteiger charge is 2.60. The summed E-state index contributed by atoms with van der Waals surface area (Å²) in [6.45, 7) is 0. The summed E-state index contributed by atoms with van der Waals surface area (Å²) in [5, 5.41) is 2.52. The van der Waals surface area contributed by atoms with Crippen LogP contribution in [0.15, 0.2) is 212 Å². The lowest BCUT2D eigenvalue weighted by atomic mass is 9.52. The summed E-state index contributed by atoms with van der Waals surface area (Å²) in [5.41, 5.74) is 21.3. The van der Waals surface area contributed by atoms with Crippen molar-refractivity contribution in [2.24, 2.45) is 0 Å². The second-order valence-electron chi connectivity index (χ2n) is 15.9. The van der Waals surface area contributed by atoms with Crippen LogP contribution in [0.4, 0.5) is 0 Å². The van der Waals surface area contributed by atoms with Gasteiger partial charge in [-0.3, -0.25) is 0 Å². The van der Waals surface area contributed by atoms with E-state index in [0.717, 1.165) is 0 Å². The van der Waals surface area contributed by atoms with Crippen LogP contribution in [0.1, 0.15) is 44.5 Å². The van der Waals surface area contributed by atoms with Gasteiger partial charge in [-0.1, -0.05) is 182 Å². The van der Waals surface area contributed by atoms with Gasteiger partial charge in [-0.05, 0) is 108 Å². The fourth-order valence-corrected chi connectivity index (χ4v) is 11.5. The first-order chi connectivity index (χ1) is 28.3. The fraction of sp³-hybridized carbons (Fsp3) is 0.0357. The lowest BCUT2D eigenvalue weighted by molar-refractivity contribution is 0.637. The molecule has 1 heteroatoms. The van der Waals surface area contributed by atoms with Gasteiger partial charge >= 0.3 is 0 Å². The normalized spacial score (nSPS) is 18.0. The first-order valence-electron chi connectivity index (χ1n) is 20.0. The SMILES string of the molecule is c1ccc(-n2c3ccccc3c3cc(-c4cccc5c4C4(c6ccccc6-5)c5ccccc5C5(c6ccccc6)c6ccccc6-c6cccc4c65)ccc32)cc1. The molecule has 0 amide bonds. The summed E-state index contributed by atoms with van der Waals surface area (Å²) in [7, 11) is 0. The minimum atomic E-state index is -0.558.